The van der Waals surface area contributed by atoms with Gasteiger partial charge in [0.15, 0.2) is 0 Å². The molecule has 0 spiro atoms. The van der Waals surface area contributed by atoms with Gasteiger partial charge in [-0.05, 0) is 18.1 Å². The van der Waals surface area contributed by atoms with E-state index in [2.05, 4.69) is 20.4 Å². The highest BCUT2D eigenvalue weighted by atomic mass is 16.2. The summed E-state index contributed by atoms with van der Waals surface area (Å²) in [5.41, 5.74) is 1.45. The Kier molecular flexibility index (Phi) is 3.89. The Balaban J connectivity index is 2.04. The first-order chi connectivity index (χ1) is 9.08. The number of hydrogen-bond donors (Lipinski definition) is 1. The number of hydrogen-bond acceptors (Lipinski definition) is 4. The summed E-state index contributed by atoms with van der Waals surface area (Å²) >= 11 is 0. The van der Waals surface area contributed by atoms with E-state index in [0.29, 0.717) is 24.0 Å². The lowest BCUT2D eigenvalue weighted by molar-refractivity contribution is 0.0940. The SMILES string of the molecule is CC(C)c1cc(C(=O)NCc2ncccn2)n(C)n1. The van der Waals surface area contributed by atoms with Gasteiger partial charge in [0.25, 0.3) is 5.91 Å². The molecule has 2 aromatic rings. The van der Waals surface area contributed by atoms with Crippen molar-refractivity contribution in [1.29, 1.82) is 0 Å². The Bertz CT molecular complexity index is 562. The predicted molar refractivity (Wildman–Crippen MR) is 70.5 cm³/mol. The highest BCUT2D eigenvalue weighted by molar-refractivity contribution is 5.92. The Morgan fingerprint density at radius 2 is 2.05 bits per heavy atom. The second kappa shape index (κ2) is 5.60. The average Bonchev–Trinajstić information content (AvgIpc) is 2.80. The summed E-state index contributed by atoms with van der Waals surface area (Å²) < 4.78 is 1.59. The van der Waals surface area contributed by atoms with Crippen LogP contribution in [0.2, 0.25) is 0 Å². The maximum atomic E-state index is 12.0. The number of carbonyl (C=O) groups is 1. The van der Waals surface area contributed by atoms with Gasteiger partial charge in [-0.25, -0.2) is 9.97 Å². The van der Waals surface area contributed by atoms with E-state index in [4.69, 9.17) is 0 Å². The van der Waals surface area contributed by atoms with Crippen LogP contribution >= 0.6 is 0 Å². The molecule has 0 atom stereocenters. The normalized spacial score (nSPS) is 10.7. The fourth-order valence-electron chi connectivity index (χ4n) is 1.66. The molecule has 100 valence electrons. The largest absolute Gasteiger partial charge is 0.343 e. The number of rotatable bonds is 4. The zero-order valence-electron chi connectivity index (χ0n) is 11.3. The van der Waals surface area contributed by atoms with Crippen LogP contribution < -0.4 is 5.32 Å². The van der Waals surface area contributed by atoms with Gasteiger partial charge in [-0.3, -0.25) is 9.48 Å². The second-order valence-electron chi connectivity index (χ2n) is 4.58. The van der Waals surface area contributed by atoms with Crippen LogP contribution in [0.25, 0.3) is 0 Å². The lowest BCUT2D eigenvalue weighted by Gasteiger charge is -2.03. The Labute approximate surface area is 111 Å². The molecule has 0 saturated carbocycles. The van der Waals surface area contributed by atoms with Gasteiger partial charge in [0.05, 0.1) is 12.2 Å². The minimum absolute atomic E-state index is 0.172. The van der Waals surface area contributed by atoms with E-state index in [9.17, 15) is 4.79 Å². The topological polar surface area (TPSA) is 72.7 Å². The van der Waals surface area contributed by atoms with Crippen molar-refractivity contribution in [2.45, 2.75) is 26.3 Å². The van der Waals surface area contributed by atoms with Gasteiger partial charge in [-0.1, -0.05) is 13.8 Å². The molecule has 1 amide bonds. The summed E-state index contributed by atoms with van der Waals surface area (Å²) in [5, 5.41) is 7.09. The maximum absolute atomic E-state index is 12.0. The lowest BCUT2D eigenvalue weighted by atomic mass is 10.1. The molecule has 1 N–H and O–H groups in total. The van der Waals surface area contributed by atoms with E-state index < -0.39 is 0 Å². The molecule has 0 radical (unpaired) electrons. The molecule has 0 fully saturated rings. The zero-order valence-corrected chi connectivity index (χ0v) is 11.3. The van der Waals surface area contributed by atoms with Crippen molar-refractivity contribution in [3.63, 3.8) is 0 Å². The number of nitrogens with zero attached hydrogens (tertiary/aromatic N) is 4. The lowest BCUT2D eigenvalue weighted by Crippen LogP contribution is -2.25. The summed E-state index contributed by atoms with van der Waals surface area (Å²) in [6.07, 6.45) is 3.30. The molecular formula is C13H17N5O. The molecule has 2 heterocycles. The van der Waals surface area contributed by atoms with Crippen LogP contribution in [0.15, 0.2) is 24.5 Å². The number of amides is 1. The summed E-state index contributed by atoms with van der Waals surface area (Å²) in [6, 6.07) is 3.55. The van der Waals surface area contributed by atoms with Gasteiger partial charge in [0.1, 0.15) is 11.5 Å². The van der Waals surface area contributed by atoms with Crippen LogP contribution in [0.1, 0.15) is 41.8 Å². The number of aromatic nitrogens is 4. The molecule has 0 aliphatic rings. The minimum atomic E-state index is -0.172. The highest BCUT2D eigenvalue weighted by Gasteiger charge is 2.14. The highest BCUT2D eigenvalue weighted by Crippen LogP contribution is 2.13. The monoisotopic (exact) mass is 259 g/mol. The number of aryl methyl sites for hydroxylation is 1. The first kappa shape index (κ1) is 13.2. The molecule has 0 bridgehead atoms. The van der Waals surface area contributed by atoms with Gasteiger partial charge >= 0.3 is 0 Å². The van der Waals surface area contributed by atoms with Crippen molar-refractivity contribution in [3.05, 3.63) is 41.7 Å². The van der Waals surface area contributed by atoms with Gasteiger partial charge in [-0.2, -0.15) is 5.10 Å². The van der Waals surface area contributed by atoms with E-state index in [0.717, 1.165) is 5.69 Å². The van der Waals surface area contributed by atoms with Gasteiger partial charge in [0, 0.05) is 19.4 Å². The predicted octanol–water partition coefficient (Wildman–Crippen LogP) is 1.26. The number of carbonyl (C=O) groups excluding carboxylic acids is 1. The van der Waals surface area contributed by atoms with Crippen LogP contribution in [0.3, 0.4) is 0 Å². The molecule has 6 heteroatoms. The molecule has 6 nitrogen and oxygen atoms in total. The third-order valence-corrected chi connectivity index (χ3v) is 2.75. The third-order valence-electron chi connectivity index (χ3n) is 2.75. The first-order valence-electron chi connectivity index (χ1n) is 6.16. The quantitative estimate of drug-likeness (QED) is 0.897. The molecular weight excluding hydrogens is 242 g/mol. The van der Waals surface area contributed by atoms with Crippen LogP contribution in [0, 0.1) is 0 Å². The van der Waals surface area contributed by atoms with Crippen molar-refractivity contribution in [1.82, 2.24) is 25.1 Å². The van der Waals surface area contributed by atoms with E-state index in [1.54, 1.807) is 30.2 Å². The average molecular weight is 259 g/mol. The molecule has 0 aliphatic heterocycles. The second-order valence-corrected chi connectivity index (χ2v) is 4.58. The van der Waals surface area contributed by atoms with Crippen molar-refractivity contribution in [3.8, 4) is 0 Å². The molecule has 0 unspecified atom stereocenters. The fourth-order valence-corrected chi connectivity index (χ4v) is 1.66. The molecule has 19 heavy (non-hydrogen) atoms. The van der Waals surface area contributed by atoms with Crippen molar-refractivity contribution in [2.24, 2.45) is 7.05 Å². The van der Waals surface area contributed by atoms with Crippen LogP contribution in [0.4, 0.5) is 0 Å². The Morgan fingerprint density at radius 3 is 2.63 bits per heavy atom. The van der Waals surface area contributed by atoms with Crippen LogP contribution in [-0.2, 0) is 13.6 Å². The summed E-state index contributed by atoms with van der Waals surface area (Å²) in [7, 11) is 1.76. The smallest absolute Gasteiger partial charge is 0.269 e. The number of nitrogens with one attached hydrogen (secondary N) is 1. The zero-order chi connectivity index (χ0) is 13.8. The third kappa shape index (κ3) is 3.15. The Hall–Kier alpha value is -2.24. The van der Waals surface area contributed by atoms with E-state index >= 15 is 0 Å². The van der Waals surface area contributed by atoms with Gasteiger partial charge in [-0.15, -0.1) is 0 Å². The molecule has 0 aliphatic carbocycles. The fraction of sp³-hybridized carbons (Fsp3) is 0.385. The van der Waals surface area contributed by atoms with Gasteiger partial charge < -0.3 is 5.32 Å². The van der Waals surface area contributed by atoms with Crippen LogP contribution in [-0.4, -0.2) is 25.7 Å². The first-order valence-corrected chi connectivity index (χ1v) is 6.16. The summed E-state index contributed by atoms with van der Waals surface area (Å²) in [6.45, 7) is 4.39. The molecule has 0 saturated heterocycles. The standard InChI is InChI=1S/C13H17N5O/c1-9(2)10-7-11(18(3)17-10)13(19)16-8-12-14-5-4-6-15-12/h4-7,9H,8H2,1-3H3,(H,16,19). The van der Waals surface area contributed by atoms with E-state index in [-0.39, 0.29) is 5.91 Å². The molecule has 2 aromatic heterocycles. The Morgan fingerprint density at radius 1 is 1.37 bits per heavy atom. The van der Waals surface area contributed by atoms with Crippen LogP contribution in [0.5, 0.6) is 0 Å². The van der Waals surface area contributed by atoms with Crippen molar-refractivity contribution < 1.29 is 4.79 Å². The molecule has 2 rings (SSSR count). The van der Waals surface area contributed by atoms with Crippen molar-refractivity contribution >= 4 is 5.91 Å². The van der Waals surface area contributed by atoms with Crippen molar-refractivity contribution in [2.75, 3.05) is 0 Å². The molecule has 0 aromatic carbocycles. The summed E-state index contributed by atoms with van der Waals surface area (Å²) in [5.74, 6) is 0.710. The van der Waals surface area contributed by atoms with Gasteiger partial charge in [0.2, 0.25) is 0 Å². The summed E-state index contributed by atoms with van der Waals surface area (Å²) in [4.78, 5) is 20.2. The van der Waals surface area contributed by atoms with E-state index in [1.165, 1.54) is 0 Å². The minimum Gasteiger partial charge on any atom is -0.343 e. The van der Waals surface area contributed by atoms with E-state index in [1.807, 2.05) is 19.9 Å². The maximum Gasteiger partial charge on any atom is 0.269 e.